The number of nitrogens with one attached hydrogen (secondary N) is 2. The van der Waals surface area contributed by atoms with E-state index in [4.69, 9.17) is 11.6 Å². The van der Waals surface area contributed by atoms with Crippen molar-refractivity contribution >= 4 is 40.4 Å². The first-order chi connectivity index (χ1) is 12.5. The topological polar surface area (TPSA) is 101 Å². The lowest BCUT2D eigenvalue weighted by molar-refractivity contribution is -0.116. The van der Waals surface area contributed by atoms with Crippen LogP contribution in [0.5, 0.6) is 0 Å². The van der Waals surface area contributed by atoms with Crippen molar-refractivity contribution in [3.8, 4) is 0 Å². The molecule has 0 spiro atoms. The van der Waals surface area contributed by atoms with Crippen molar-refractivity contribution in [3.05, 3.63) is 47.4 Å². The summed E-state index contributed by atoms with van der Waals surface area (Å²) in [6.07, 6.45) is 1.46. The normalized spacial score (nSPS) is 10.7. The van der Waals surface area contributed by atoms with Crippen LogP contribution in [0.15, 0.2) is 36.4 Å². The van der Waals surface area contributed by atoms with Crippen LogP contribution in [0.4, 0.5) is 11.4 Å². The second-order valence-corrected chi connectivity index (χ2v) is 6.09. The minimum atomic E-state index is -0.164. The first-order valence-corrected chi connectivity index (χ1v) is 8.43. The Kier molecular flexibility index (Phi) is 5.43. The van der Waals surface area contributed by atoms with Crippen molar-refractivity contribution in [2.24, 2.45) is 0 Å². The van der Waals surface area contributed by atoms with Gasteiger partial charge in [0.2, 0.25) is 11.8 Å². The molecule has 2 aromatic heterocycles. The summed E-state index contributed by atoms with van der Waals surface area (Å²) in [6.45, 7) is 1.43. The second kappa shape index (κ2) is 7.92. The SMILES string of the molecule is CC(=O)Nc1cccc(NC(=O)CCCc2nnc3ccc(Cl)nn23)c1. The van der Waals surface area contributed by atoms with Gasteiger partial charge in [0.25, 0.3) is 0 Å². The summed E-state index contributed by atoms with van der Waals surface area (Å²) < 4.78 is 1.58. The molecule has 0 fully saturated rings. The molecule has 1 aromatic carbocycles. The fourth-order valence-corrected chi connectivity index (χ4v) is 2.61. The number of aromatic nitrogens is 4. The van der Waals surface area contributed by atoms with Gasteiger partial charge in [0.1, 0.15) is 5.15 Å². The third-order valence-electron chi connectivity index (χ3n) is 3.57. The first-order valence-electron chi connectivity index (χ1n) is 8.05. The average Bonchev–Trinajstić information content (AvgIpc) is 2.97. The lowest BCUT2D eigenvalue weighted by Crippen LogP contribution is -2.12. The average molecular weight is 373 g/mol. The van der Waals surface area contributed by atoms with E-state index in [1.807, 2.05) is 0 Å². The quantitative estimate of drug-likeness (QED) is 0.692. The molecule has 2 heterocycles. The maximum absolute atomic E-state index is 12.1. The zero-order valence-corrected chi connectivity index (χ0v) is 14.8. The molecule has 26 heavy (non-hydrogen) atoms. The van der Waals surface area contributed by atoms with Gasteiger partial charge >= 0.3 is 0 Å². The highest BCUT2D eigenvalue weighted by molar-refractivity contribution is 6.29. The Labute approximate surface area is 154 Å². The monoisotopic (exact) mass is 372 g/mol. The van der Waals surface area contributed by atoms with Crippen LogP contribution in [-0.2, 0) is 16.0 Å². The smallest absolute Gasteiger partial charge is 0.224 e. The van der Waals surface area contributed by atoms with Gasteiger partial charge in [0.05, 0.1) is 0 Å². The van der Waals surface area contributed by atoms with Crippen LogP contribution in [0.2, 0.25) is 5.15 Å². The Morgan fingerprint density at radius 2 is 1.88 bits per heavy atom. The lowest BCUT2D eigenvalue weighted by Gasteiger charge is -2.07. The van der Waals surface area contributed by atoms with Gasteiger partial charge in [-0.2, -0.15) is 9.61 Å². The van der Waals surface area contributed by atoms with Gasteiger partial charge in [-0.1, -0.05) is 17.7 Å². The molecule has 3 rings (SSSR count). The number of aryl methyl sites for hydroxylation is 1. The van der Waals surface area contributed by atoms with Gasteiger partial charge in [-0.15, -0.1) is 10.2 Å². The fourth-order valence-electron chi connectivity index (χ4n) is 2.48. The summed E-state index contributed by atoms with van der Waals surface area (Å²) in [5, 5.41) is 18.1. The molecule has 0 atom stereocenters. The van der Waals surface area contributed by atoms with Crippen LogP contribution in [0.3, 0.4) is 0 Å². The molecule has 0 unspecified atom stereocenters. The number of anilines is 2. The van der Waals surface area contributed by atoms with Crippen molar-refractivity contribution in [1.82, 2.24) is 19.8 Å². The van der Waals surface area contributed by atoms with Crippen LogP contribution in [-0.4, -0.2) is 31.6 Å². The van der Waals surface area contributed by atoms with Gasteiger partial charge in [-0.3, -0.25) is 9.59 Å². The Morgan fingerprint density at radius 3 is 2.65 bits per heavy atom. The Bertz CT molecular complexity index is 955. The molecule has 0 saturated carbocycles. The van der Waals surface area contributed by atoms with E-state index in [-0.39, 0.29) is 11.8 Å². The molecule has 0 aliphatic carbocycles. The number of nitrogens with zero attached hydrogens (tertiary/aromatic N) is 4. The molecule has 0 aliphatic heterocycles. The van der Waals surface area contributed by atoms with E-state index in [9.17, 15) is 9.59 Å². The lowest BCUT2D eigenvalue weighted by atomic mass is 10.2. The Balaban J connectivity index is 1.54. The number of fused-ring (bicyclic) bond motifs is 1. The van der Waals surface area contributed by atoms with E-state index in [2.05, 4.69) is 25.9 Å². The number of rotatable bonds is 6. The minimum absolute atomic E-state index is 0.121. The van der Waals surface area contributed by atoms with Crippen LogP contribution < -0.4 is 10.6 Å². The molecule has 8 nitrogen and oxygen atoms in total. The van der Waals surface area contributed by atoms with E-state index >= 15 is 0 Å². The van der Waals surface area contributed by atoms with Crippen molar-refractivity contribution < 1.29 is 9.59 Å². The Hall–Kier alpha value is -3.00. The molecule has 0 bridgehead atoms. The summed E-state index contributed by atoms with van der Waals surface area (Å²) in [6, 6.07) is 10.4. The maximum Gasteiger partial charge on any atom is 0.224 e. The summed E-state index contributed by atoms with van der Waals surface area (Å²) in [7, 11) is 0. The van der Waals surface area contributed by atoms with E-state index in [0.717, 1.165) is 0 Å². The molecule has 134 valence electrons. The maximum atomic E-state index is 12.1. The highest BCUT2D eigenvalue weighted by Crippen LogP contribution is 2.16. The number of carbonyl (C=O) groups excluding carboxylic acids is 2. The third kappa shape index (κ3) is 4.54. The van der Waals surface area contributed by atoms with Crippen molar-refractivity contribution in [3.63, 3.8) is 0 Å². The van der Waals surface area contributed by atoms with Crippen LogP contribution in [0.25, 0.3) is 5.65 Å². The van der Waals surface area contributed by atoms with E-state index < -0.39 is 0 Å². The predicted molar refractivity (Wildman–Crippen MR) is 98.1 cm³/mol. The minimum Gasteiger partial charge on any atom is -0.326 e. The molecule has 2 N–H and O–H groups in total. The number of benzene rings is 1. The van der Waals surface area contributed by atoms with Crippen LogP contribution >= 0.6 is 11.6 Å². The van der Waals surface area contributed by atoms with E-state index in [0.29, 0.717) is 47.3 Å². The molecule has 9 heteroatoms. The highest BCUT2D eigenvalue weighted by Gasteiger charge is 2.09. The number of carbonyl (C=O) groups is 2. The predicted octanol–water partition coefficient (Wildman–Crippen LogP) is 2.70. The van der Waals surface area contributed by atoms with E-state index in [1.165, 1.54) is 6.92 Å². The van der Waals surface area contributed by atoms with Gasteiger partial charge in [-0.25, -0.2) is 0 Å². The summed E-state index contributed by atoms with van der Waals surface area (Å²) >= 11 is 5.89. The Morgan fingerprint density at radius 1 is 1.12 bits per heavy atom. The summed E-state index contributed by atoms with van der Waals surface area (Å²) in [4.78, 5) is 23.2. The van der Waals surface area contributed by atoms with Crippen LogP contribution in [0.1, 0.15) is 25.6 Å². The van der Waals surface area contributed by atoms with Crippen molar-refractivity contribution in [2.75, 3.05) is 10.6 Å². The van der Waals surface area contributed by atoms with Gasteiger partial charge in [0, 0.05) is 31.1 Å². The first kappa shape index (κ1) is 17.8. The fraction of sp³-hybridized carbons (Fsp3) is 0.235. The number of amides is 2. The summed E-state index contributed by atoms with van der Waals surface area (Å²) in [5.41, 5.74) is 1.87. The molecule has 3 aromatic rings. The molecule has 0 aliphatic rings. The number of hydrogen-bond donors (Lipinski definition) is 2. The number of hydrogen-bond acceptors (Lipinski definition) is 5. The van der Waals surface area contributed by atoms with Gasteiger partial charge in [-0.05, 0) is 36.8 Å². The van der Waals surface area contributed by atoms with Gasteiger partial charge < -0.3 is 10.6 Å². The van der Waals surface area contributed by atoms with Crippen molar-refractivity contribution in [2.45, 2.75) is 26.2 Å². The molecule has 0 saturated heterocycles. The summed E-state index contributed by atoms with van der Waals surface area (Å²) in [5.74, 6) is 0.371. The molecule has 2 amide bonds. The molecular formula is C17H17ClN6O2. The zero-order chi connectivity index (χ0) is 18.5. The van der Waals surface area contributed by atoms with Gasteiger partial charge in [0.15, 0.2) is 11.5 Å². The van der Waals surface area contributed by atoms with Crippen molar-refractivity contribution in [1.29, 1.82) is 0 Å². The molecule has 0 radical (unpaired) electrons. The van der Waals surface area contributed by atoms with Crippen LogP contribution in [0, 0.1) is 0 Å². The second-order valence-electron chi connectivity index (χ2n) is 5.71. The van der Waals surface area contributed by atoms with E-state index in [1.54, 1.807) is 40.9 Å². The largest absolute Gasteiger partial charge is 0.326 e. The zero-order valence-electron chi connectivity index (χ0n) is 14.1. The highest BCUT2D eigenvalue weighted by atomic mass is 35.5. The molecular weight excluding hydrogens is 356 g/mol. The standard InChI is InChI=1S/C17H17ClN6O2/c1-11(25)19-12-4-2-5-13(10-12)20-17(26)7-3-6-15-21-22-16-9-8-14(18)23-24(15)16/h2,4-5,8-10H,3,6-7H2,1H3,(H,19,25)(H,20,26). The third-order valence-corrected chi connectivity index (χ3v) is 3.77. The number of halogens is 1.